The number of hydrogen-bond acceptors (Lipinski definition) is 5. The summed E-state index contributed by atoms with van der Waals surface area (Å²) in [6.07, 6.45) is 0. The second-order valence-corrected chi connectivity index (χ2v) is 7.75. The predicted octanol–water partition coefficient (Wildman–Crippen LogP) is 5.73. The van der Waals surface area contributed by atoms with Gasteiger partial charge in [-0.3, -0.25) is 4.57 Å². The Kier molecular flexibility index (Phi) is 7.33. The van der Waals surface area contributed by atoms with Crippen molar-refractivity contribution >= 4 is 24.9 Å². The van der Waals surface area contributed by atoms with Gasteiger partial charge in [0, 0.05) is 10.7 Å². The Labute approximate surface area is 153 Å². The van der Waals surface area contributed by atoms with Gasteiger partial charge < -0.3 is 19.1 Å². The van der Waals surface area contributed by atoms with Gasteiger partial charge in [-0.25, -0.2) is 0 Å². The van der Waals surface area contributed by atoms with Gasteiger partial charge in [0.1, 0.15) is 5.75 Å². The number of nitrogens with one attached hydrogen (secondary N) is 1. The molecule has 1 N–H and O–H groups in total. The van der Waals surface area contributed by atoms with E-state index in [1.165, 1.54) is 0 Å². The maximum atomic E-state index is 13.4. The van der Waals surface area contributed by atoms with E-state index in [-0.39, 0.29) is 13.2 Å². The molecule has 5 nitrogen and oxygen atoms in total. The van der Waals surface area contributed by atoms with Crippen LogP contribution in [0, 0.1) is 0 Å². The predicted molar refractivity (Wildman–Crippen MR) is 102 cm³/mol. The number of methoxy groups -OCH3 is 1. The van der Waals surface area contributed by atoms with Crippen LogP contribution in [0.25, 0.3) is 0 Å². The average molecular weight is 384 g/mol. The summed E-state index contributed by atoms with van der Waals surface area (Å²) >= 11 is 5.98. The summed E-state index contributed by atoms with van der Waals surface area (Å²) in [7, 11) is -1.83. The third-order valence-electron chi connectivity index (χ3n) is 3.51. The molecule has 0 aliphatic carbocycles. The van der Waals surface area contributed by atoms with Gasteiger partial charge in [-0.05, 0) is 55.8 Å². The molecule has 1 unspecified atom stereocenters. The molecule has 0 saturated carbocycles. The highest BCUT2D eigenvalue weighted by Gasteiger charge is 2.37. The zero-order valence-electron chi connectivity index (χ0n) is 14.6. The molecule has 1 atom stereocenters. The van der Waals surface area contributed by atoms with E-state index in [4.69, 9.17) is 25.4 Å². The van der Waals surface area contributed by atoms with Gasteiger partial charge in [0.05, 0.1) is 20.3 Å². The Morgan fingerprint density at radius 2 is 1.56 bits per heavy atom. The zero-order chi connectivity index (χ0) is 18.3. The van der Waals surface area contributed by atoms with Crippen LogP contribution in [0.2, 0.25) is 5.02 Å². The number of benzene rings is 2. The Morgan fingerprint density at radius 3 is 2.04 bits per heavy atom. The molecule has 25 heavy (non-hydrogen) atoms. The third kappa shape index (κ3) is 5.23. The van der Waals surface area contributed by atoms with E-state index >= 15 is 0 Å². The molecule has 2 aromatic rings. The van der Waals surface area contributed by atoms with Crippen molar-refractivity contribution in [2.24, 2.45) is 0 Å². The molecule has 0 radical (unpaired) electrons. The van der Waals surface area contributed by atoms with Crippen molar-refractivity contribution in [3.63, 3.8) is 0 Å². The minimum absolute atomic E-state index is 0.283. The van der Waals surface area contributed by atoms with Crippen LogP contribution in [0.4, 0.5) is 5.69 Å². The van der Waals surface area contributed by atoms with E-state index in [2.05, 4.69) is 5.32 Å². The Morgan fingerprint density at radius 1 is 1.00 bits per heavy atom. The van der Waals surface area contributed by atoms with Crippen molar-refractivity contribution in [1.29, 1.82) is 0 Å². The molecule has 0 amide bonds. The van der Waals surface area contributed by atoms with Crippen LogP contribution in [0.15, 0.2) is 48.5 Å². The molecular weight excluding hydrogens is 361 g/mol. The van der Waals surface area contributed by atoms with E-state index in [1.54, 1.807) is 33.1 Å². The fourth-order valence-corrected chi connectivity index (χ4v) is 4.44. The Hall–Kier alpha value is -1.52. The highest BCUT2D eigenvalue weighted by atomic mass is 35.5. The molecule has 0 heterocycles. The van der Waals surface area contributed by atoms with Crippen LogP contribution in [0.5, 0.6) is 5.75 Å². The summed E-state index contributed by atoms with van der Waals surface area (Å²) < 4.78 is 29.6. The number of ether oxygens (including phenoxy) is 1. The minimum Gasteiger partial charge on any atom is -0.497 e. The highest BCUT2D eigenvalue weighted by Crippen LogP contribution is 2.60. The lowest BCUT2D eigenvalue weighted by Gasteiger charge is -2.28. The number of halogens is 1. The molecule has 0 saturated heterocycles. The van der Waals surface area contributed by atoms with Gasteiger partial charge in [-0.2, -0.15) is 0 Å². The molecule has 0 spiro atoms. The van der Waals surface area contributed by atoms with Crippen LogP contribution in [-0.4, -0.2) is 20.3 Å². The zero-order valence-corrected chi connectivity index (χ0v) is 16.2. The first-order valence-electron chi connectivity index (χ1n) is 8.07. The van der Waals surface area contributed by atoms with Crippen LogP contribution in [0.1, 0.15) is 25.2 Å². The van der Waals surface area contributed by atoms with Gasteiger partial charge in [-0.15, -0.1) is 0 Å². The van der Waals surface area contributed by atoms with Crippen molar-refractivity contribution in [2.45, 2.75) is 19.6 Å². The molecule has 0 fully saturated rings. The SMILES string of the molecule is CCOP(=O)(OCC)C(Nc1ccc(OC)cc1)c1ccc(Cl)cc1. The fourth-order valence-electron chi connectivity index (χ4n) is 2.38. The molecule has 0 aromatic heterocycles. The second-order valence-electron chi connectivity index (χ2n) is 5.20. The molecular formula is C18H23ClNO4P. The largest absolute Gasteiger partial charge is 0.497 e. The second kappa shape index (κ2) is 9.25. The van der Waals surface area contributed by atoms with E-state index in [0.29, 0.717) is 5.02 Å². The monoisotopic (exact) mass is 383 g/mol. The standard InChI is InChI=1S/C18H23ClNO4P/c1-4-23-25(21,24-5-2)18(14-6-8-15(19)9-7-14)20-16-10-12-17(22-3)13-11-16/h6-13,18,20H,4-5H2,1-3H3. The molecule has 2 aromatic carbocycles. The normalized spacial score (nSPS) is 12.6. The van der Waals surface area contributed by atoms with Gasteiger partial charge >= 0.3 is 7.60 Å². The van der Waals surface area contributed by atoms with Gasteiger partial charge in [0.15, 0.2) is 5.78 Å². The van der Waals surface area contributed by atoms with Crippen LogP contribution >= 0.6 is 19.2 Å². The molecule has 7 heteroatoms. The van der Waals surface area contributed by atoms with Crippen LogP contribution in [-0.2, 0) is 13.6 Å². The van der Waals surface area contributed by atoms with E-state index in [9.17, 15) is 4.57 Å². The molecule has 136 valence electrons. The molecule has 0 aliphatic rings. The van der Waals surface area contributed by atoms with Crippen molar-refractivity contribution < 1.29 is 18.3 Å². The summed E-state index contributed by atoms with van der Waals surface area (Å²) in [6.45, 7) is 4.15. The van der Waals surface area contributed by atoms with Crippen molar-refractivity contribution in [3.05, 3.63) is 59.1 Å². The summed E-state index contributed by atoms with van der Waals surface area (Å²) in [6, 6.07) is 14.5. The Balaban J connectivity index is 2.39. The molecule has 2 rings (SSSR count). The van der Waals surface area contributed by atoms with E-state index in [1.807, 2.05) is 36.4 Å². The summed E-state index contributed by atoms with van der Waals surface area (Å²) in [5.74, 6) is 0.0875. The Bertz CT molecular complexity index is 696. The highest BCUT2D eigenvalue weighted by molar-refractivity contribution is 7.54. The number of anilines is 1. The van der Waals surface area contributed by atoms with E-state index < -0.39 is 13.4 Å². The lowest BCUT2D eigenvalue weighted by molar-refractivity contribution is 0.214. The summed E-state index contributed by atoms with van der Waals surface area (Å²) in [4.78, 5) is 0. The van der Waals surface area contributed by atoms with Crippen molar-refractivity contribution in [2.75, 3.05) is 25.6 Å². The van der Waals surface area contributed by atoms with Crippen molar-refractivity contribution in [1.82, 2.24) is 0 Å². The summed E-state index contributed by atoms with van der Waals surface area (Å²) in [5.41, 5.74) is 1.55. The molecule has 0 aliphatic heterocycles. The molecule has 0 bridgehead atoms. The van der Waals surface area contributed by atoms with Crippen molar-refractivity contribution in [3.8, 4) is 5.75 Å². The topological polar surface area (TPSA) is 56.8 Å². The van der Waals surface area contributed by atoms with Crippen LogP contribution in [0.3, 0.4) is 0 Å². The average Bonchev–Trinajstić information content (AvgIpc) is 2.61. The van der Waals surface area contributed by atoms with E-state index in [0.717, 1.165) is 17.0 Å². The number of hydrogen-bond donors (Lipinski definition) is 1. The first-order chi connectivity index (χ1) is 12.0. The quantitative estimate of drug-likeness (QED) is 0.561. The fraction of sp³-hybridized carbons (Fsp3) is 0.333. The minimum atomic E-state index is -3.44. The first-order valence-corrected chi connectivity index (χ1v) is 10.1. The lowest BCUT2D eigenvalue weighted by atomic mass is 10.2. The maximum Gasteiger partial charge on any atom is 0.357 e. The van der Waals surface area contributed by atoms with Gasteiger partial charge in [0.2, 0.25) is 0 Å². The van der Waals surface area contributed by atoms with Gasteiger partial charge in [-0.1, -0.05) is 23.7 Å². The first kappa shape index (κ1) is 19.8. The third-order valence-corrected chi connectivity index (χ3v) is 6.06. The smallest absolute Gasteiger partial charge is 0.357 e. The van der Waals surface area contributed by atoms with Crippen LogP contribution < -0.4 is 10.1 Å². The lowest BCUT2D eigenvalue weighted by Crippen LogP contribution is -2.15. The maximum absolute atomic E-state index is 13.4. The van der Waals surface area contributed by atoms with Gasteiger partial charge in [0.25, 0.3) is 0 Å². The summed E-state index contributed by atoms with van der Waals surface area (Å²) in [5, 5.41) is 3.87. The number of rotatable bonds is 9.